The van der Waals surface area contributed by atoms with E-state index in [1.54, 1.807) is 32.6 Å². The SMILES string of the molecule is CN=C(NCc1nc(C(C)C)cs1)NCc1cc(OC)c(OC)cc1Br.I. The van der Waals surface area contributed by atoms with Gasteiger partial charge in [0.25, 0.3) is 0 Å². The number of guanidine groups is 1. The van der Waals surface area contributed by atoms with Crippen LogP contribution in [0.3, 0.4) is 0 Å². The van der Waals surface area contributed by atoms with E-state index in [-0.39, 0.29) is 24.0 Å². The van der Waals surface area contributed by atoms with Crippen molar-refractivity contribution >= 4 is 57.2 Å². The van der Waals surface area contributed by atoms with E-state index < -0.39 is 0 Å². The van der Waals surface area contributed by atoms with Crippen molar-refractivity contribution in [3.63, 3.8) is 0 Å². The van der Waals surface area contributed by atoms with Crippen molar-refractivity contribution in [2.45, 2.75) is 32.9 Å². The molecule has 0 bridgehead atoms. The van der Waals surface area contributed by atoms with Gasteiger partial charge in [-0.2, -0.15) is 0 Å². The van der Waals surface area contributed by atoms with Crippen molar-refractivity contribution in [1.29, 1.82) is 0 Å². The zero-order valence-corrected chi connectivity index (χ0v) is 20.9. The second-order valence-corrected chi connectivity index (χ2v) is 7.70. The van der Waals surface area contributed by atoms with Crippen molar-refractivity contribution < 1.29 is 9.47 Å². The molecule has 0 aliphatic heterocycles. The Balaban J connectivity index is 0.00000364. The molecule has 1 heterocycles. The average molecular weight is 569 g/mol. The fraction of sp³-hybridized carbons (Fsp3) is 0.444. The minimum Gasteiger partial charge on any atom is -0.493 e. The Hall–Kier alpha value is -1.07. The van der Waals surface area contributed by atoms with E-state index in [0.29, 0.717) is 36.5 Å². The monoisotopic (exact) mass is 568 g/mol. The summed E-state index contributed by atoms with van der Waals surface area (Å²) in [4.78, 5) is 8.89. The molecule has 0 radical (unpaired) electrons. The zero-order valence-electron chi connectivity index (χ0n) is 16.1. The first-order chi connectivity index (χ1) is 12.5. The molecule has 0 saturated carbocycles. The molecule has 27 heavy (non-hydrogen) atoms. The highest BCUT2D eigenvalue weighted by molar-refractivity contribution is 14.0. The van der Waals surface area contributed by atoms with Gasteiger partial charge >= 0.3 is 0 Å². The average Bonchev–Trinajstić information content (AvgIpc) is 3.11. The molecule has 0 amide bonds. The molecule has 1 aromatic heterocycles. The lowest BCUT2D eigenvalue weighted by Crippen LogP contribution is -2.36. The van der Waals surface area contributed by atoms with Gasteiger partial charge in [-0.15, -0.1) is 35.3 Å². The van der Waals surface area contributed by atoms with Crippen molar-refractivity contribution in [2.75, 3.05) is 21.3 Å². The summed E-state index contributed by atoms with van der Waals surface area (Å²) in [6.07, 6.45) is 0. The molecule has 0 aliphatic carbocycles. The van der Waals surface area contributed by atoms with Gasteiger partial charge in [0, 0.05) is 23.4 Å². The van der Waals surface area contributed by atoms with Gasteiger partial charge in [0.1, 0.15) is 5.01 Å². The first kappa shape index (κ1) is 24.0. The fourth-order valence-electron chi connectivity index (χ4n) is 2.26. The molecule has 150 valence electrons. The van der Waals surface area contributed by atoms with E-state index in [4.69, 9.17) is 9.47 Å². The Morgan fingerprint density at radius 1 is 1.19 bits per heavy atom. The number of hydrogen-bond acceptors (Lipinski definition) is 5. The first-order valence-electron chi connectivity index (χ1n) is 8.27. The summed E-state index contributed by atoms with van der Waals surface area (Å²) in [6.45, 7) is 5.53. The highest BCUT2D eigenvalue weighted by Crippen LogP contribution is 2.33. The number of nitrogens with one attached hydrogen (secondary N) is 2. The van der Waals surface area contributed by atoms with Crippen molar-refractivity contribution in [2.24, 2.45) is 4.99 Å². The maximum Gasteiger partial charge on any atom is 0.191 e. The summed E-state index contributed by atoms with van der Waals surface area (Å²) < 4.78 is 11.6. The smallest absolute Gasteiger partial charge is 0.191 e. The largest absolute Gasteiger partial charge is 0.493 e. The van der Waals surface area contributed by atoms with Crippen LogP contribution in [-0.2, 0) is 13.1 Å². The number of halogens is 2. The number of aromatic nitrogens is 1. The second kappa shape index (κ2) is 11.7. The molecule has 9 heteroatoms. The Morgan fingerprint density at radius 2 is 1.81 bits per heavy atom. The highest BCUT2D eigenvalue weighted by Gasteiger charge is 2.11. The third kappa shape index (κ3) is 6.79. The molecule has 2 N–H and O–H groups in total. The van der Waals surface area contributed by atoms with E-state index >= 15 is 0 Å². The van der Waals surface area contributed by atoms with Crippen LogP contribution in [0.2, 0.25) is 0 Å². The second-order valence-electron chi connectivity index (χ2n) is 5.90. The third-order valence-corrected chi connectivity index (χ3v) is 5.40. The molecule has 0 atom stereocenters. The Labute approximate surface area is 190 Å². The Kier molecular flexibility index (Phi) is 10.4. The van der Waals surface area contributed by atoms with E-state index in [9.17, 15) is 0 Å². The summed E-state index contributed by atoms with van der Waals surface area (Å²) in [5, 5.41) is 9.75. The van der Waals surface area contributed by atoms with Gasteiger partial charge in [-0.3, -0.25) is 4.99 Å². The van der Waals surface area contributed by atoms with E-state index in [1.165, 1.54) is 0 Å². The highest BCUT2D eigenvalue weighted by atomic mass is 127. The summed E-state index contributed by atoms with van der Waals surface area (Å²) in [5.41, 5.74) is 2.17. The molecule has 0 aliphatic rings. The summed E-state index contributed by atoms with van der Waals surface area (Å²) in [5.74, 6) is 2.54. The van der Waals surface area contributed by atoms with Crippen LogP contribution in [0.25, 0.3) is 0 Å². The van der Waals surface area contributed by atoms with Gasteiger partial charge < -0.3 is 20.1 Å². The number of methoxy groups -OCH3 is 2. The molecule has 6 nitrogen and oxygen atoms in total. The van der Waals surface area contributed by atoms with Gasteiger partial charge in [0.05, 0.1) is 26.5 Å². The van der Waals surface area contributed by atoms with Crippen molar-refractivity contribution in [3.8, 4) is 11.5 Å². The van der Waals surface area contributed by atoms with Crippen LogP contribution in [0.4, 0.5) is 0 Å². The molecule has 2 aromatic rings. The van der Waals surface area contributed by atoms with Gasteiger partial charge in [-0.05, 0) is 23.6 Å². The molecular weight excluding hydrogens is 543 g/mol. The standard InChI is InChI=1S/C18H25BrN4O2S.HI/c1-11(2)14-10-26-17(23-14)9-22-18(20-3)21-8-12-6-15(24-4)16(25-5)7-13(12)19;/h6-7,10-11H,8-9H2,1-5H3,(H2,20,21,22);1H. The van der Waals surface area contributed by atoms with Gasteiger partial charge in [0.15, 0.2) is 17.5 Å². The summed E-state index contributed by atoms with van der Waals surface area (Å²) >= 11 is 5.23. The lowest BCUT2D eigenvalue weighted by atomic mass is 10.2. The van der Waals surface area contributed by atoms with Gasteiger partial charge in [0.2, 0.25) is 0 Å². The normalized spacial score (nSPS) is 11.1. The Bertz CT molecular complexity index is 768. The minimum absolute atomic E-state index is 0. The molecule has 0 fully saturated rings. The topological polar surface area (TPSA) is 67.8 Å². The molecule has 0 saturated heterocycles. The number of rotatable bonds is 7. The van der Waals surface area contributed by atoms with E-state index in [0.717, 1.165) is 20.7 Å². The Morgan fingerprint density at radius 3 is 2.37 bits per heavy atom. The van der Waals surface area contributed by atoms with Crippen molar-refractivity contribution in [3.05, 3.63) is 38.3 Å². The van der Waals surface area contributed by atoms with Crippen LogP contribution in [0.1, 0.15) is 36.0 Å². The van der Waals surface area contributed by atoms with Crippen molar-refractivity contribution in [1.82, 2.24) is 15.6 Å². The predicted molar refractivity (Wildman–Crippen MR) is 126 cm³/mol. The van der Waals surface area contributed by atoms with Crippen LogP contribution in [0.5, 0.6) is 11.5 Å². The van der Waals surface area contributed by atoms with Crippen LogP contribution in [0.15, 0.2) is 27.0 Å². The number of hydrogen-bond donors (Lipinski definition) is 2. The van der Waals surface area contributed by atoms with E-state index in [2.05, 4.69) is 55.8 Å². The quantitative estimate of drug-likeness (QED) is 0.292. The van der Waals surface area contributed by atoms with Gasteiger partial charge in [-0.25, -0.2) is 4.98 Å². The number of nitrogens with zero attached hydrogens (tertiary/aromatic N) is 2. The molecule has 0 spiro atoms. The molecule has 1 aromatic carbocycles. The summed E-state index contributed by atoms with van der Waals surface area (Å²) in [6, 6.07) is 3.84. The minimum atomic E-state index is 0. The molecule has 0 unspecified atom stereocenters. The van der Waals surface area contributed by atoms with E-state index in [1.807, 2.05) is 12.1 Å². The first-order valence-corrected chi connectivity index (χ1v) is 9.95. The number of benzene rings is 1. The molecular formula is C18H26BrIN4O2S. The number of thiazole rings is 1. The molecule has 2 rings (SSSR count). The summed E-state index contributed by atoms with van der Waals surface area (Å²) in [7, 11) is 5.00. The number of aliphatic imine (C=N–C) groups is 1. The van der Waals surface area contributed by atoms with Crippen LogP contribution in [0, 0.1) is 0 Å². The maximum atomic E-state index is 5.37. The van der Waals surface area contributed by atoms with Crippen LogP contribution in [-0.4, -0.2) is 32.2 Å². The fourth-order valence-corrected chi connectivity index (χ4v) is 3.62. The number of ether oxygens (including phenoxy) is 2. The van der Waals surface area contributed by atoms with Gasteiger partial charge in [-0.1, -0.05) is 29.8 Å². The van der Waals surface area contributed by atoms with Crippen LogP contribution < -0.4 is 20.1 Å². The lowest BCUT2D eigenvalue weighted by Gasteiger charge is -2.14. The lowest BCUT2D eigenvalue weighted by molar-refractivity contribution is 0.354. The zero-order chi connectivity index (χ0) is 19.1. The van der Waals surface area contributed by atoms with Crippen LogP contribution >= 0.6 is 51.2 Å². The predicted octanol–water partition coefficient (Wildman–Crippen LogP) is 4.53. The third-order valence-electron chi connectivity index (χ3n) is 3.79. The maximum absolute atomic E-state index is 5.37.